The number of hydrogen-bond acceptors (Lipinski definition) is 2. The van der Waals surface area contributed by atoms with Crippen molar-refractivity contribution in [3.63, 3.8) is 0 Å². The van der Waals surface area contributed by atoms with E-state index < -0.39 is 17.4 Å². The zero-order chi connectivity index (χ0) is 8.43. The number of hydrogen-bond donors (Lipinski definition) is 2. The van der Waals surface area contributed by atoms with Crippen molar-refractivity contribution in [2.75, 3.05) is 12.4 Å². The van der Waals surface area contributed by atoms with Crippen LogP contribution in [-0.2, 0) is 0 Å². The summed E-state index contributed by atoms with van der Waals surface area (Å²) < 4.78 is 25.0. The number of phenols is 1. The molecule has 0 heterocycles. The second-order valence-corrected chi connectivity index (χ2v) is 2.03. The molecule has 0 radical (unpaired) electrons. The van der Waals surface area contributed by atoms with Gasteiger partial charge in [-0.25, -0.2) is 8.78 Å². The molecular weight excluding hydrogens is 152 g/mol. The van der Waals surface area contributed by atoms with Crippen LogP contribution in [0.15, 0.2) is 12.1 Å². The molecule has 0 amide bonds. The molecule has 0 aliphatic rings. The predicted octanol–water partition coefficient (Wildman–Crippen LogP) is 1.71. The number of aromatic hydroxyl groups is 1. The molecule has 1 aromatic rings. The topological polar surface area (TPSA) is 32.3 Å². The van der Waals surface area contributed by atoms with Crippen LogP contribution >= 0.6 is 0 Å². The molecule has 0 saturated heterocycles. The largest absolute Gasteiger partial charge is 0.506 e. The third kappa shape index (κ3) is 1.39. The average Bonchev–Trinajstić information content (AvgIpc) is 1.85. The van der Waals surface area contributed by atoms with Crippen molar-refractivity contribution in [2.24, 2.45) is 0 Å². The molecule has 0 bridgehead atoms. The summed E-state index contributed by atoms with van der Waals surface area (Å²) in [7, 11) is 1.44. The molecule has 0 aliphatic heterocycles. The van der Waals surface area contributed by atoms with Crippen LogP contribution < -0.4 is 5.32 Å². The molecule has 0 aliphatic carbocycles. The van der Waals surface area contributed by atoms with Crippen LogP contribution in [0.4, 0.5) is 14.5 Å². The lowest BCUT2D eigenvalue weighted by Crippen LogP contribution is -1.93. The molecule has 0 aromatic heterocycles. The quantitative estimate of drug-likeness (QED) is 0.611. The highest BCUT2D eigenvalue weighted by Crippen LogP contribution is 2.26. The molecule has 0 atom stereocenters. The van der Waals surface area contributed by atoms with E-state index in [1.807, 2.05) is 0 Å². The molecule has 1 aromatic carbocycles. The van der Waals surface area contributed by atoms with E-state index in [1.165, 1.54) is 7.05 Å². The van der Waals surface area contributed by atoms with Gasteiger partial charge in [0.1, 0.15) is 17.3 Å². The minimum absolute atomic E-state index is 0.0913. The Morgan fingerprint density at radius 3 is 2.45 bits per heavy atom. The molecule has 2 N–H and O–H groups in total. The maximum atomic E-state index is 12.6. The van der Waals surface area contributed by atoms with E-state index in [2.05, 4.69) is 5.32 Å². The van der Waals surface area contributed by atoms with Gasteiger partial charge < -0.3 is 10.4 Å². The molecule has 0 spiro atoms. The minimum Gasteiger partial charge on any atom is -0.506 e. The maximum Gasteiger partial charge on any atom is 0.153 e. The fraction of sp³-hybridized carbons (Fsp3) is 0.143. The Labute approximate surface area is 62.5 Å². The van der Waals surface area contributed by atoms with Gasteiger partial charge in [0.05, 0.1) is 0 Å². The van der Waals surface area contributed by atoms with E-state index in [0.29, 0.717) is 6.07 Å². The summed E-state index contributed by atoms with van der Waals surface area (Å²) in [5, 5.41) is 11.3. The molecule has 60 valence electrons. The first kappa shape index (κ1) is 7.78. The Balaban J connectivity index is 3.25. The SMILES string of the molecule is CNc1c(O)cc(F)cc1F. The normalized spacial score (nSPS) is 9.73. The van der Waals surface area contributed by atoms with Crippen LogP contribution in [0, 0.1) is 11.6 Å². The van der Waals surface area contributed by atoms with Crippen molar-refractivity contribution in [3.05, 3.63) is 23.8 Å². The lowest BCUT2D eigenvalue weighted by Gasteiger charge is -2.03. The third-order valence-corrected chi connectivity index (χ3v) is 1.28. The maximum absolute atomic E-state index is 12.6. The molecule has 11 heavy (non-hydrogen) atoms. The van der Waals surface area contributed by atoms with E-state index in [9.17, 15) is 8.78 Å². The Kier molecular flexibility index (Phi) is 1.94. The van der Waals surface area contributed by atoms with Gasteiger partial charge in [0, 0.05) is 19.2 Å². The van der Waals surface area contributed by atoms with Crippen molar-refractivity contribution in [1.29, 1.82) is 0 Å². The summed E-state index contributed by atoms with van der Waals surface area (Å²) in [5.74, 6) is -2.02. The summed E-state index contributed by atoms with van der Waals surface area (Å²) in [6, 6.07) is 1.54. The van der Waals surface area contributed by atoms with Gasteiger partial charge in [-0.15, -0.1) is 0 Å². The van der Waals surface area contributed by atoms with Gasteiger partial charge in [-0.2, -0.15) is 0 Å². The first-order valence-electron chi connectivity index (χ1n) is 3.01. The monoisotopic (exact) mass is 159 g/mol. The van der Waals surface area contributed by atoms with Gasteiger partial charge in [0.25, 0.3) is 0 Å². The van der Waals surface area contributed by atoms with E-state index in [0.717, 1.165) is 6.07 Å². The number of halogens is 2. The summed E-state index contributed by atoms with van der Waals surface area (Å²) in [5.41, 5.74) is -0.0913. The van der Waals surface area contributed by atoms with E-state index >= 15 is 0 Å². The molecule has 0 unspecified atom stereocenters. The van der Waals surface area contributed by atoms with Crippen LogP contribution in [0.2, 0.25) is 0 Å². The summed E-state index contributed by atoms with van der Waals surface area (Å²) in [6.45, 7) is 0. The van der Waals surface area contributed by atoms with Crippen molar-refractivity contribution in [2.45, 2.75) is 0 Å². The van der Waals surface area contributed by atoms with Crippen LogP contribution in [0.25, 0.3) is 0 Å². The fourth-order valence-electron chi connectivity index (χ4n) is 0.808. The lowest BCUT2D eigenvalue weighted by molar-refractivity contribution is 0.464. The van der Waals surface area contributed by atoms with Crippen LogP contribution in [0.5, 0.6) is 5.75 Å². The zero-order valence-electron chi connectivity index (χ0n) is 5.86. The van der Waals surface area contributed by atoms with E-state index in [4.69, 9.17) is 5.11 Å². The average molecular weight is 159 g/mol. The smallest absolute Gasteiger partial charge is 0.153 e. The van der Waals surface area contributed by atoms with Crippen LogP contribution in [0.3, 0.4) is 0 Å². The number of phenolic OH excluding ortho intramolecular Hbond substituents is 1. The second kappa shape index (κ2) is 2.74. The molecule has 2 nitrogen and oxygen atoms in total. The Morgan fingerprint density at radius 2 is 2.00 bits per heavy atom. The van der Waals surface area contributed by atoms with Crippen LogP contribution in [-0.4, -0.2) is 12.2 Å². The van der Waals surface area contributed by atoms with Gasteiger partial charge in [-0.3, -0.25) is 0 Å². The minimum atomic E-state index is -0.801. The van der Waals surface area contributed by atoms with Crippen molar-refractivity contribution in [1.82, 2.24) is 0 Å². The highest BCUT2D eigenvalue weighted by molar-refractivity contribution is 5.56. The van der Waals surface area contributed by atoms with Gasteiger partial charge >= 0.3 is 0 Å². The van der Waals surface area contributed by atoms with Crippen LogP contribution in [0.1, 0.15) is 0 Å². The predicted molar refractivity (Wildman–Crippen MR) is 37.6 cm³/mol. The first-order chi connectivity index (χ1) is 5.15. The summed E-state index contributed by atoms with van der Waals surface area (Å²) in [4.78, 5) is 0. The lowest BCUT2D eigenvalue weighted by atomic mass is 10.2. The Hall–Kier alpha value is -1.32. The molecular formula is C7H7F2NO. The van der Waals surface area contributed by atoms with Gasteiger partial charge in [-0.05, 0) is 0 Å². The Morgan fingerprint density at radius 1 is 1.36 bits per heavy atom. The van der Waals surface area contributed by atoms with Crippen molar-refractivity contribution >= 4 is 5.69 Å². The fourth-order valence-corrected chi connectivity index (χ4v) is 0.808. The third-order valence-electron chi connectivity index (χ3n) is 1.28. The summed E-state index contributed by atoms with van der Waals surface area (Å²) >= 11 is 0. The standard InChI is InChI=1S/C7H7F2NO/c1-10-7-5(9)2-4(8)3-6(7)11/h2-3,10-11H,1H3. The van der Waals surface area contributed by atoms with Gasteiger partial charge in [0.15, 0.2) is 5.82 Å². The highest BCUT2D eigenvalue weighted by Gasteiger charge is 2.07. The number of anilines is 1. The zero-order valence-corrected chi connectivity index (χ0v) is 5.86. The number of benzene rings is 1. The molecule has 0 saturated carbocycles. The number of nitrogens with one attached hydrogen (secondary N) is 1. The van der Waals surface area contributed by atoms with E-state index in [-0.39, 0.29) is 5.69 Å². The second-order valence-electron chi connectivity index (χ2n) is 2.03. The summed E-state index contributed by atoms with van der Waals surface area (Å²) in [6.07, 6.45) is 0. The van der Waals surface area contributed by atoms with Crippen molar-refractivity contribution < 1.29 is 13.9 Å². The molecule has 4 heteroatoms. The Bertz CT molecular complexity index is 252. The number of rotatable bonds is 1. The molecule has 1 rings (SSSR count). The van der Waals surface area contributed by atoms with Gasteiger partial charge in [-0.1, -0.05) is 0 Å². The molecule has 0 fully saturated rings. The van der Waals surface area contributed by atoms with Crippen molar-refractivity contribution in [3.8, 4) is 5.75 Å². The van der Waals surface area contributed by atoms with E-state index in [1.54, 1.807) is 0 Å². The first-order valence-corrected chi connectivity index (χ1v) is 3.01. The van der Waals surface area contributed by atoms with Gasteiger partial charge in [0.2, 0.25) is 0 Å². The highest BCUT2D eigenvalue weighted by atomic mass is 19.1.